The van der Waals surface area contributed by atoms with Crippen molar-refractivity contribution in [1.29, 1.82) is 0 Å². The average Bonchev–Trinajstić information content (AvgIpc) is 3.20. The Bertz CT molecular complexity index is 1070. The SMILES string of the molecule is CCn1c(SCC(=O)NN=Cc2ccc(C(C)(C)C)cc2)nnc1-c1ccc(OC)cc1. The van der Waals surface area contributed by atoms with E-state index in [9.17, 15) is 4.79 Å². The van der Waals surface area contributed by atoms with Gasteiger partial charge in [-0.15, -0.1) is 10.2 Å². The molecule has 8 heteroatoms. The number of benzene rings is 2. The molecule has 0 unspecified atom stereocenters. The molecule has 1 heterocycles. The molecule has 0 bridgehead atoms. The van der Waals surface area contributed by atoms with Gasteiger partial charge >= 0.3 is 0 Å². The van der Waals surface area contributed by atoms with Gasteiger partial charge in [-0.05, 0) is 47.7 Å². The Kier molecular flexibility index (Phi) is 7.69. The molecule has 3 rings (SSSR count). The number of nitrogens with zero attached hydrogens (tertiary/aromatic N) is 4. The lowest BCUT2D eigenvalue weighted by atomic mass is 9.87. The standard InChI is InChI=1S/C24H29N5O2S/c1-6-29-22(18-9-13-20(31-5)14-10-18)27-28-23(29)32-16-21(30)26-25-15-17-7-11-19(12-8-17)24(2,3)4/h7-15H,6,16H2,1-5H3,(H,26,30). The summed E-state index contributed by atoms with van der Waals surface area (Å²) in [4.78, 5) is 12.2. The molecule has 3 aromatic rings. The summed E-state index contributed by atoms with van der Waals surface area (Å²) < 4.78 is 7.19. The smallest absolute Gasteiger partial charge is 0.250 e. The number of hydrogen-bond acceptors (Lipinski definition) is 6. The van der Waals surface area contributed by atoms with Crippen LogP contribution in [0.25, 0.3) is 11.4 Å². The monoisotopic (exact) mass is 451 g/mol. The minimum absolute atomic E-state index is 0.105. The molecule has 0 aliphatic rings. The van der Waals surface area contributed by atoms with Gasteiger partial charge in [0.15, 0.2) is 11.0 Å². The Balaban J connectivity index is 1.56. The number of hydrogen-bond donors (Lipinski definition) is 1. The molecule has 0 aliphatic heterocycles. The Morgan fingerprint density at radius 2 is 1.81 bits per heavy atom. The molecular weight excluding hydrogens is 422 g/mol. The van der Waals surface area contributed by atoms with E-state index in [1.54, 1.807) is 13.3 Å². The molecule has 1 N–H and O–H groups in total. The van der Waals surface area contributed by atoms with Gasteiger partial charge in [-0.2, -0.15) is 5.10 Å². The Morgan fingerprint density at radius 1 is 1.12 bits per heavy atom. The van der Waals surface area contributed by atoms with Crippen LogP contribution in [0.15, 0.2) is 58.8 Å². The van der Waals surface area contributed by atoms with Crippen LogP contribution in [0.5, 0.6) is 5.75 Å². The largest absolute Gasteiger partial charge is 0.497 e. The summed E-state index contributed by atoms with van der Waals surface area (Å²) in [6.45, 7) is 9.24. The van der Waals surface area contributed by atoms with E-state index < -0.39 is 0 Å². The first kappa shape index (κ1) is 23.5. The molecule has 0 saturated heterocycles. The van der Waals surface area contributed by atoms with Crippen molar-refractivity contribution >= 4 is 23.9 Å². The predicted octanol–water partition coefficient (Wildman–Crippen LogP) is 4.51. The first-order chi connectivity index (χ1) is 15.3. The molecule has 168 valence electrons. The average molecular weight is 452 g/mol. The lowest BCUT2D eigenvalue weighted by Gasteiger charge is -2.18. The summed E-state index contributed by atoms with van der Waals surface area (Å²) in [6.07, 6.45) is 1.64. The van der Waals surface area contributed by atoms with E-state index in [4.69, 9.17) is 4.74 Å². The van der Waals surface area contributed by atoms with Crippen LogP contribution in [0.3, 0.4) is 0 Å². The zero-order chi connectivity index (χ0) is 23.1. The molecule has 0 spiro atoms. The third-order valence-electron chi connectivity index (χ3n) is 4.89. The molecular formula is C24H29N5O2S. The molecule has 1 aromatic heterocycles. The molecule has 0 radical (unpaired) electrons. The van der Waals surface area contributed by atoms with Crippen LogP contribution in [-0.4, -0.2) is 39.7 Å². The number of thioether (sulfide) groups is 1. The molecule has 0 atom stereocenters. The Labute approximate surface area is 193 Å². The van der Waals surface area contributed by atoms with Crippen molar-refractivity contribution in [1.82, 2.24) is 20.2 Å². The van der Waals surface area contributed by atoms with Crippen molar-refractivity contribution < 1.29 is 9.53 Å². The van der Waals surface area contributed by atoms with E-state index in [2.05, 4.69) is 53.6 Å². The number of amides is 1. The minimum atomic E-state index is -0.200. The first-order valence-corrected chi connectivity index (χ1v) is 11.4. The maximum absolute atomic E-state index is 12.2. The second kappa shape index (κ2) is 10.5. The van der Waals surface area contributed by atoms with Crippen LogP contribution in [-0.2, 0) is 16.8 Å². The molecule has 7 nitrogen and oxygen atoms in total. The molecule has 0 saturated carbocycles. The first-order valence-electron chi connectivity index (χ1n) is 10.4. The van der Waals surface area contributed by atoms with Crippen LogP contribution < -0.4 is 10.2 Å². The number of nitrogens with one attached hydrogen (secondary N) is 1. The second-order valence-corrected chi connectivity index (χ2v) is 9.18. The summed E-state index contributed by atoms with van der Waals surface area (Å²) in [6, 6.07) is 15.8. The highest BCUT2D eigenvalue weighted by Crippen LogP contribution is 2.25. The fraction of sp³-hybridized carbons (Fsp3) is 0.333. The van der Waals surface area contributed by atoms with Gasteiger partial charge in [0, 0.05) is 12.1 Å². The number of hydrazone groups is 1. The van der Waals surface area contributed by atoms with Crippen molar-refractivity contribution in [3.05, 3.63) is 59.7 Å². The maximum atomic E-state index is 12.2. The molecule has 0 aliphatic carbocycles. The van der Waals surface area contributed by atoms with Crippen molar-refractivity contribution in [3.8, 4) is 17.1 Å². The van der Waals surface area contributed by atoms with Crippen molar-refractivity contribution in [2.45, 2.75) is 44.8 Å². The topological polar surface area (TPSA) is 81.4 Å². The third-order valence-corrected chi connectivity index (χ3v) is 5.86. The number of ether oxygens (including phenoxy) is 1. The fourth-order valence-electron chi connectivity index (χ4n) is 3.04. The number of aromatic nitrogens is 3. The number of carbonyl (C=O) groups is 1. The minimum Gasteiger partial charge on any atom is -0.497 e. The van der Waals surface area contributed by atoms with E-state index in [0.29, 0.717) is 11.7 Å². The summed E-state index contributed by atoms with van der Waals surface area (Å²) in [5.41, 5.74) is 5.81. The van der Waals surface area contributed by atoms with Crippen LogP contribution >= 0.6 is 11.8 Å². The summed E-state index contributed by atoms with van der Waals surface area (Å²) in [7, 11) is 1.63. The molecule has 2 aromatic carbocycles. The van der Waals surface area contributed by atoms with Crippen LogP contribution in [0.4, 0.5) is 0 Å². The van der Waals surface area contributed by atoms with Gasteiger partial charge in [-0.3, -0.25) is 4.79 Å². The highest BCUT2D eigenvalue weighted by molar-refractivity contribution is 7.99. The van der Waals surface area contributed by atoms with Gasteiger partial charge in [-0.1, -0.05) is 56.8 Å². The number of carbonyl (C=O) groups excluding carboxylic acids is 1. The van der Waals surface area contributed by atoms with Crippen molar-refractivity contribution in [3.63, 3.8) is 0 Å². The number of rotatable bonds is 8. The lowest BCUT2D eigenvalue weighted by molar-refractivity contribution is -0.118. The van der Waals surface area contributed by atoms with Crippen molar-refractivity contribution in [2.75, 3.05) is 12.9 Å². The molecule has 1 amide bonds. The van der Waals surface area contributed by atoms with Gasteiger partial charge in [0.05, 0.1) is 19.1 Å². The van der Waals surface area contributed by atoms with E-state index in [1.807, 2.05) is 47.9 Å². The van der Waals surface area contributed by atoms with Gasteiger partial charge < -0.3 is 9.30 Å². The van der Waals surface area contributed by atoms with E-state index in [0.717, 1.165) is 22.7 Å². The Morgan fingerprint density at radius 3 is 2.41 bits per heavy atom. The highest BCUT2D eigenvalue weighted by Gasteiger charge is 2.15. The van der Waals surface area contributed by atoms with Crippen molar-refractivity contribution in [2.24, 2.45) is 5.10 Å². The van der Waals surface area contributed by atoms with E-state index >= 15 is 0 Å². The normalized spacial score (nSPS) is 11.7. The van der Waals surface area contributed by atoms with Gasteiger partial charge in [0.25, 0.3) is 5.91 Å². The number of methoxy groups -OCH3 is 1. The van der Waals surface area contributed by atoms with Crippen LogP contribution in [0.2, 0.25) is 0 Å². The van der Waals surface area contributed by atoms with Gasteiger partial charge in [0.1, 0.15) is 5.75 Å². The Hall–Kier alpha value is -3.13. The quantitative estimate of drug-likeness (QED) is 0.309. The third kappa shape index (κ3) is 5.97. The summed E-state index contributed by atoms with van der Waals surface area (Å²) in [5.74, 6) is 1.54. The van der Waals surface area contributed by atoms with E-state index in [1.165, 1.54) is 17.3 Å². The van der Waals surface area contributed by atoms with Gasteiger partial charge in [-0.25, -0.2) is 5.43 Å². The zero-order valence-corrected chi connectivity index (χ0v) is 19.9. The zero-order valence-electron chi connectivity index (χ0n) is 19.1. The second-order valence-electron chi connectivity index (χ2n) is 8.23. The summed E-state index contributed by atoms with van der Waals surface area (Å²) in [5, 5.41) is 13.3. The van der Waals surface area contributed by atoms with Crippen LogP contribution in [0, 0.1) is 0 Å². The van der Waals surface area contributed by atoms with Crippen LogP contribution in [0.1, 0.15) is 38.8 Å². The summed E-state index contributed by atoms with van der Waals surface area (Å²) >= 11 is 1.33. The van der Waals surface area contributed by atoms with Gasteiger partial charge in [0.2, 0.25) is 0 Å². The predicted molar refractivity (Wildman–Crippen MR) is 129 cm³/mol. The maximum Gasteiger partial charge on any atom is 0.250 e. The molecule has 0 fully saturated rings. The molecule has 32 heavy (non-hydrogen) atoms. The highest BCUT2D eigenvalue weighted by atomic mass is 32.2. The lowest BCUT2D eigenvalue weighted by Crippen LogP contribution is -2.20. The fourth-order valence-corrected chi connectivity index (χ4v) is 3.84. The van der Waals surface area contributed by atoms with E-state index in [-0.39, 0.29) is 17.1 Å².